The van der Waals surface area contributed by atoms with Crippen LogP contribution in [0.4, 0.5) is 0 Å². The lowest BCUT2D eigenvalue weighted by Gasteiger charge is -2.25. The van der Waals surface area contributed by atoms with Crippen molar-refractivity contribution < 1.29 is 9.90 Å². The molecule has 0 spiro atoms. The molecule has 0 saturated carbocycles. The molecule has 4 heteroatoms. The molecule has 0 bridgehead atoms. The van der Waals surface area contributed by atoms with Crippen molar-refractivity contribution in [2.45, 2.75) is 18.9 Å². The van der Waals surface area contributed by atoms with Gasteiger partial charge >= 0.3 is 5.97 Å². The molecule has 2 aromatic rings. The molecule has 1 aliphatic heterocycles. The van der Waals surface area contributed by atoms with Crippen molar-refractivity contribution in [3.63, 3.8) is 0 Å². The first-order valence-corrected chi connectivity index (χ1v) is 6.31. The molecule has 1 aromatic carbocycles. The summed E-state index contributed by atoms with van der Waals surface area (Å²) in [6.07, 6.45) is 3.90. The van der Waals surface area contributed by atoms with Crippen molar-refractivity contribution in [3.8, 4) is 0 Å². The summed E-state index contributed by atoms with van der Waals surface area (Å²) in [7, 11) is 0. The molecule has 1 fully saturated rings. The Morgan fingerprint density at radius 3 is 2.72 bits per heavy atom. The second-order valence-electron chi connectivity index (χ2n) is 4.75. The van der Waals surface area contributed by atoms with Crippen LogP contribution in [0, 0.1) is 0 Å². The Labute approximate surface area is 105 Å². The maximum Gasteiger partial charge on any atom is 0.337 e. The van der Waals surface area contributed by atoms with E-state index in [1.165, 1.54) is 0 Å². The maximum absolute atomic E-state index is 11.3. The standard InChI is InChI=1S/C14H16N2O2/c17-14(18)12-9-16(10-5-7-15-8-6-10)13-4-2-1-3-11(12)13/h1-4,9-10,15H,5-8H2,(H,17,18). The van der Waals surface area contributed by atoms with Crippen molar-refractivity contribution in [2.24, 2.45) is 0 Å². The number of aromatic carboxylic acids is 1. The number of carboxylic acids is 1. The van der Waals surface area contributed by atoms with Gasteiger partial charge in [0, 0.05) is 23.1 Å². The Balaban J connectivity index is 2.13. The first-order valence-electron chi connectivity index (χ1n) is 6.31. The number of piperidine rings is 1. The Morgan fingerprint density at radius 1 is 1.28 bits per heavy atom. The highest BCUT2D eigenvalue weighted by Gasteiger charge is 2.20. The average Bonchev–Trinajstić information content (AvgIpc) is 2.79. The zero-order valence-corrected chi connectivity index (χ0v) is 10.1. The largest absolute Gasteiger partial charge is 0.478 e. The summed E-state index contributed by atoms with van der Waals surface area (Å²) < 4.78 is 2.14. The third-order valence-electron chi connectivity index (χ3n) is 3.67. The normalized spacial score (nSPS) is 17.1. The van der Waals surface area contributed by atoms with E-state index in [2.05, 4.69) is 9.88 Å². The minimum atomic E-state index is -0.848. The molecule has 3 rings (SSSR count). The molecule has 1 aliphatic rings. The van der Waals surface area contributed by atoms with Crippen molar-refractivity contribution in [1.29, 1.82) is 0 Å². The fraction of sp³-hybridized carbons (Fsp3) is 0.357. The molecule has 1 saturated heterocycles. The second-order valence-corrected chi connectivity index (χ2v) is 4.75. The SMILES string of the molecule is O=C(O)c1cn(C2CCNCC2)c2ccccc12. The summed E-state index contributed by atoms with van der Waals surface area (Å²) in [5.41, 5.74) is 1.44. The molecule has 0 unspecified atom stereocenters. The predicted octanol–water partition coefficient (Wildman–Crippen LogP) is 2.26. The fourth-order valence-corrected chi connectivity index (χ4v) is 2.76. The number of rotatable bonds is 2. The summed E-state index contributed by atoms with van der Waals surface area (Å²) in [6, 6.07) is 8.15. The number of carboxylic acid groups (broad SMARTS) is 1. The van der Waals surface area contributed by atoms with Crippen LogP contribution in [0.2, 0.25) is 0 Å². The van der Waals surface area contributed by atoms with Gasteiger partial charge < -0.3 is 15.0 Å². The van der Waals surface area contributed by atoms with Gasteiger partial charge in [0.2, 0.25) is 0 Å². The smallest absolute Gasteiger partial charge is 0.337 e. The molecule has 94 valence electrons. The topological polar surface area (TPSA) is 54.3 Å². The lowest BCUT2D eigenvalue weighted by Crippen LogP contribution is -2.29. The number of para-hydroxylation sites is 1. The molecule has 2 N–H and O–H groups in total. The van der Waals surface area contributed by atoms with Crippen LogP contribution in [0.25, 0.3) is 10.9 Å². The zero-order chi connectivity index (χ0) is 12.5. The molecule has 0 radical (unpaired) electrons. The number of aromatic nitrogens is 1. The lowest BCUT2D eigenvalue weighted by molar-refractivity contribution is 0.0698. The highest BCUT2D eigenvalue weighted by molar-refractivity contribution is 6.03. The predicted molar refractivity (Wildman–Crippen MR) is 70.0 cm³/mol. The van der Waals surface area contributed by atoms with Crippen LogP contribution in [0.1, 0.15) is 29.2 Å². The fourth-order valence-electron chi connectivity index (χ4n) is 2.76. The van der Waals surface area contributed by atoms with Gasteiger partial charge in [-0.15, -0.1) is 0 Å². The number of nitrogens with zero attached hydrogens (tertiary/aromatic N) is 1. The minimum Gasteiger partial charge on any atom is -0.478 e. The van der Waals surface area contributed by atoms with Gasteiger partial charge in [-0.05, 0) is 32.0 Å². The number of nitrogens with one attached hydrogen (secondary N) is 1. The third kappa shape index (κ3) is 1.78. The molecule has 4 nitrogen and oxygen atoms in total. The van der Waals surface area contributed by atoms with Crippen molar-refractivity contribution in [1.82, 2.24) is 9.88 Å². The molecule has 18 heavy (non-hydrogen) atoms. The van der Waals surface area contributed by atoms with Gasteiger partial charge in [0.25, 0.3) is 0 Å². The van der Waals surface area contributed by atoms with E-state index in [-0.39, 0.29) is 0 Å². The molecule has 1 aromatic heterocycles. The summed E-state index contributed by atoms with van der Waals surface area (Å²) in [6.45, 7) is 2.00. The number of fused-ring (bicyclic) bond motifs is 1. The molecular formula is C14H16N2O2. The number of carbonyl (C=O) groups is 1. The molecular weight excluding hydrogens is 228 g/mol. The van der Waals surface area contributed by atoms with Crippen LogP contribution in [0.5, 0.6) is 0 Å². The zero-order valence-electron chi connectivity index (χ0n) is 10.1. The van der Waals surface area contributed by atoms with Crippen LogP contribution >= 0.6 is 0 Å². The molecule has 2 heterocycles. The summed E-state index contributed by atoms with van der Waals surface area (Å²) in [5, 5.41) is 13.4. The van der Waals surface area contributed by atoms with Gasteiger partial charge in [0.15, 0.2) is 0 Å². The van der Waals surface area contributed by atoms with Crippen LogP contribution < -0.4 is 5.32 Å². The Morgan fingerprint density at radius 2 is 2.00 bits per heavy atom. The van der Waals surface area contributed by atoms with E-state index in [0.29, 0.717) is 11.6 Å². The van der Waals surface area contributed by atoms with Gasteiger partial charge in [0.1, 0.15) is 0 Å². The Hall–Kier alpha value is -1.81. The Bertz CT molecular complexity index is 582. The summed E-state index contributed by atoms with van der Waals surface area (Å²) in [4.78, 5) is 11.3. The Kier molecular flexibility index (Phi) is 2.80. The van der Waals surface area contributed by atoms with Crippen LogP contribution in [-0.4, -0.2) is 28.7 Å². The van der Waals surface area contributed by atoms with Crippen molar-refractivity contribution >= 4 is 16.9 Å². The van der Waals surface area contributed by atoms with E-state index >= 15 is 0 Å². The summed E-state index contributed by atoms with van der Waals surface area (Å²) >= 11 is 0. The van der Waals surface area contributed by atoms with E-state index in [1.54, 1.807) is 6.20 Å². The van der Waals surface area contributed by atoms with Crippen LogP contribution in [-0.2, 0) is 0 Å². The highest BCUT2D eigenvalue weighted by Crippen LogP contribution is 2.28. The molecule has 0 aliphatic carbocycles. The van der Waals surface area contributed by atoms with Gasteiger partial charge in [-0.2, -0.15) is 0 Å². The summed E-state index contributed by atoms with van der Waals surface area (Å²) in [5.74, 6) is -0.848. The molecule has 0 atom stereocenters. The first-order chi connectivity index (χ1) is 8.77. The van der Waals surface area contributed by atoms with Gasteiger partial charge in [0.05, 0.1) is 5.56 Å². The number of hydrogen-bond donors (Lipinski definition) is 2. The van der Waals surface area contributed by atoms with Crippen molar-refractivity contribution in [2.75, 3.05) is 13.1 Å². The van der Waals surface area contributed by atoms with Gasteiger partial charge in [-0.25, -0.2) is 4.79 Å². The minimum absolute atomic E-state index is 0.407. The highest BCUT2D eigenvalue weighted by atomic mass is 16.4. The number of benzene rings is 1. The number of hydrogen-bond acceptors (Lipinski definition) is 2. The monoisotopic (exact) mass is 244 g/mol. The van der Waals surface area contributed by atoms with E-state index in [0.717, 1.165) is 36.8 Å². The van der Waals surface area contributed by atoms with E-state index in [4.69, 9.17) is 0 Å². The quantitative estimate of drug-likeness (QED) is 0.852. The third-order valence-corrected chi connectivity index (χ3v) is 3.67. The lowest BCUT2D eigenvalue weighted by atomic mass is 10.1. The van der Waals surface area contributed by atoms with E-state index < -0.39 is 5.97 Å². The first kappa shape index (κ1) is 11.3. The van der Waals surface area contributed by atoms with Crippen LogP contribution in [0.3, 0.4) is 0 Å². The van der Waals surface area contributed by atoms with E-state index in [1.807, 2.05) is 24.3 Å². The van der Waals surface area contributed by atoms with Gasteiger partial charge in [-0.1, -0.05) is 18.2 Å². The maximum atomic E-state index is 11.3. The van der Waals surface area contributed by atoms with Crippen molar-refractivity contribution in [3.05, 3.63) is 36.0 Å². The average molecular weight is 244 g/mol. The second kappa shape index (κ2) is 4.46. The van der Waals surface area contributed by atoms with E-state index in [9.17, 15) is 9.90 Å². The van der Waals surface area contributed by atoms with Gasteiger partial charge in [-0.3, -0.25) is 0 Å². The van der Waals surface area contributed by atoms with Crippen LogP contribution in [0.15, 0.2) is 30.5 Å². The molecule has 0 amide bonds.